The van der Waals surface area contributed by atoms with Crippen LogP contribution in [0.1, 0.15) is 11.4 Å². The zero-order valence-corrected chi connectivity index (χ0v) is 8.21. The zero-order valence-electron chi connectivity index (χ0n) is 8.21. The Balaban J connectivity index is 2.84. The van der Waals surface area contributed by atoms with Gasteiger partial charge in [-0.2, -0.15) is 10.5 Å². The lowest BCUT2D eigenvalue weighted by Crippen LogP contribution is -2.53. The summed E-state index contributed by atoms with van der Waals surface area (Å²) in [5.74, 6) is 0. The van der Waals surface area contributed by atoms with Gasteiger partial charge in [-0.3, -0.25) is 4.63 Å². The monoisotopic (exact) mass is 248 g/mol. The first-order valence-electron chi connectivity index (χ1n) is 4.10. The molecule has 0 unspecified atom stereocenters. The molecule has 0 aliphatic rings. The van der Waals surface area contributed by atoms with E-state index in [9.17, 15) is 15.6 Å². The fraction of sp³-hybridized carbons (Fsp3) is 0. The molecule has 0 bridgehead atoms. The van der Waals surface area contributed by atoms with Crippen molar-refractivity contribution < 1.29 is 19.3 Å². The standard InChI is InChI=1S/C6N8O4/c7-1-3-6(13(16)18-10-3)5-4(2-8)12(15)11-14(17)9-5. The number of hydrogen-bond acceptors (Lipinski definition) is 9. The normalized spacial score (nSPS) is 9.67. The number of hydrogen-bond donors (Lipinski definition) is 0. The Hall–Kier alpha value is -3.54. The van der Waals surface area contributed by atoms with Gasteiger partial charge >= 0.3 is 16.6 Å². The van der Waals surface area contributed by atoms with Crippen LogP contribution in [0.25, 0.3) is 11.4 Å². The van der Waals surface area contributed by atoms with Gasteiger partial charge in [-0.1, -0.05) is 0 Å². The minimum Gasteiger partial charge on any atom is -0.589 e. The summed E-state index contributed by atoms with van der Waals surface area (Å²) in [7, 11) is 0. The van der Waals surface area contributed by atoms with E-state index in [1.54, 1.807) is 0 Å². The lowest BCUT2D eigenvalue weighted by molar-refractivity contribution is -0.876. The summed E-state index contributed by atoms with van der Waals surface area (Å²) in [5, 5.41) is 59.7. The zero-order chi connectivity index (χ0) is 13.3. The van der Waals surface area contributed by atoms with Crippen molar-refractivity contribution in [1.29, 1.82) is 10.5 Å². The van der Waals surface area contributed by atoms with E-state index < -0.39 is 27.7 Å². The Morgan fingerprint density at radius 2 is 1.89 bits per heavy atom. The number of aromatic nitrogens is 6. The van der Waals surface area contributed by atoms with Crippen LogP contribution in [0.3, 0.4) is 0 Å². The van der Waals surface area contributed by atoms with Crippen molar-refractivity contribution in [2.45, 2.75) is 0 Å². The first-order chi connectivity index (χ1) is 8.58. The SMILES string of the molecule is N#Cc1no[n+]([O-])c1-c1n[n+]([O-])n[n+]([O-])c1C#N. The highest BCUT2D eigenvalue weighted by atomic mass is 16.8. The third-order valence-electron chi connectivity index (χ3n) is 1.81. The van der Waals surface area contributed by atoms with Crippen LogP contribution in [-0.2, 0) is 0 Å². The van der Waals surface area contributed by atoms with Crippen molar-refractivity contribution in [3.05, 3.63) is 27.0 Å². The molecule has 12 nitrogen and oxygen atoms in total. The molecule has 0 aromatic carbocycles. The van der Waals surface area contributed by atoms with Crippen LogP contribution in [0.2, 0.25) is 0 Å². The van der Waals surface area contributed by atoms with Crippen LogP contribution in [0.4, 0.5) is 0 Å². The molecule has 88 valence electrons. The van der Waals surface area contributed by atoms with E-state index in [4.69, 9.17) is 10.5 Å². The van der Waals surface area contributed by atoms with Crippen molar-refractivity contribution in [1.82, 2.24) is 15.5 Å². The Morgan fingerprint density at radius 3 is 2.50 bits per heavy atom. The van der Waals surface area contributed by atoms with Gasteiger partial charge in [0.15, 0.2) is 12.1 Å². The van der Waals surface area contributed by atoms with E-state index in [-0.39, 0.29) is 9.75 Å². The van der Waals surface area contributed by atoms with Gasteiger partial charge in [0.05, 0.1) is 10.3 Å². The Morgan fingerprint density at radius 1 is 1.17 bits per heavy atom. The van der Waals surface area contributed by atoms with Crippen LogP contribution in [0, 0.1) is 38.3 Å². The summed E-state index contributed by atoms with van der Waals surface area (Å²) in [6, 6.07) is 2.89. The molecule has 2 heterocycles. The highest BCUT2D eigenvalue weighted by Gasteiger charge is 2.34. The van der Waals surface area contributed by atoms with E-state index in [2.05, 4.69) is 20.1 Å². The maximum atomic E-state index is 11.2. The van der Waals surface area contributed by atoms with Gasteiger partial charge in [-0.25, -0.2) is 0 Å². The quantitative estimate of drug-likeness (QED) is 0.370. The molecule has 12 heteroatoms. The second kappa shape index (κ2) is 3.80. The van der Waals surface area contributed by atoms with Crippen molar-refractivity contribution >= 4 is 0 Å². The lowest BCUT2D eigenvalue weighted by atomic mass is 10.2. The maximum Gasteiger partial charge on any atom is 0.364 e. The second-order valence-electron chi connectivity index (χ2n) is 2.76. The van der Waals surface area contributed by atoms with Crippen molar-refractivity contribution in [2.75, 3.05) is 0 Å². The molecule has 0 N–H and O–H groups in total. The van der Waals surface area contributed by atoms with Crippen molar-refractivity contribution in [2.24, 2.45) is 0 Å². The molecule has 2 aromatic rings. The first kappa shape index (κ1) is 11.0. The van der Waals surface area contributed by atoms with Crippen LogP contribution in [0.15, 0.2) is 4.63 Å². The predicted molar refractivity (Wildman–Crippen MR) is 43.8 cm³/mol. The molecule has 0 amide bonds. The van der Waals surface area contributed by atoms with Gasteiger partial charge in [0, 0.05) is 4.85 Å². The lowest BCUT2D eigenvalue weighted by Gasteiger charge is -1.96. The molecule has 0 spiro atoms. The fourth-order valence-electron chi connectivity index (χ4n) is 1.13. The molecule has 2 aromatic heterocycles. The van der Waals surface area contributed by atoms with Crippen LogP contribution in [-0.4, -0.2) is 15.5 Å². The van der Waals surface area contributed by atoms with E-state index in [0.717, 1.165) is 0 Å². The van der Waals surface area contributed by atoms with Crippen LogP contribution >= 0.6 is 0 Å². The fourth-order valence-corrected chi connectivity index (χ4v) is 1.13. The Labute approximate surface area is 96.8 Å². The molecule has 0 aliphatic heterocycles. The second-order valence-corrected chi connectivity index (χ2v) is 2.76. The molecule has 0 saturated heterocycles. The smallest absolute Gasteiger partial charge is 0.364 e. The summed E-state index contributed by atoms with van der Waals surface area (Å²) in [4.78, 5) is -0.984. The average Bonchev–Trinajstić information content (AvgIpc) is 2.69. The third kappa shape index (κ3) is 1.46. The van der Waals surface area contributed by atoms with Crippen LogP contribution < -0.4 is 14.7 Å². The molecule has 2 rings (SSSR count). The van der Waals surface area contributed by atoms with Gasteiger partial charge in [0.25, 0.3) is 11.4 Å². The maximum absolute atomic E-state index is 11.2. The van der Waals surface area contributed by atoms with E-state index in [1.165, 1.54) is 12.1 Å². The summed E-state index contributed by atoms with van der Waals surface area (Å²) in [6.45, 7) is 0. The Bertz CT molecular complexity index is 710. The summed E-state index contributed by atoms with van der Waals surface area (Å²) in [5.41, 5.74) is -2.54. The molecule has 0 atom stereocenters. The van der Waals surface area contributed by atoms with Crippen LogP contribution in [0.5, 0.6) is 0 Å². The molecule has 0 aliphatic carbocycles. The number of rotatable bonds is 1. The minimum absolute atomic E-state index is 0.248. The van der Waals surface area contributed by atoms with Crippen molar-refractivity contribution in [3.63, 3.8) is 0 Å². The average molecular weight is 248 g/mol. The summed E-state index contributed by atoms with van der Waals surface area (Å²) < 4.78 is 4.12. The van der Waals surface area contributed by atoms with Gasteiger partial charge in [0.2, 0.25) is 0 Å². The highest BCUT2D eigenvalue weighted by Crippen LogP contribution is 2.16. The predicted octanol–water partition coefficient (Wildman–Crippen LogP) is -3.22. The molecular weight excluding hydrogens is 248 g/mol. The van der Waals surface area contributed by atoms with Gasteiger partial charge in [-0.05, 0) is 4.90 Å². The number of nitriles is 2. The largest absolute Gasteiger partial charge is 0.589 e. The Kier molecular flexibility index (Phi) is 2.31. The van der Waals surface area contributed by atoms with Gasteiger partial charge < -0.3 is 15.6 Å². The molecule has 0 fully saturated rings. The number of nitrogens with zero attached hydrogens (tertiary/aromatic N) is 8. The minimum atomic E-state index is -0.744. The summed E-state index contributed by atoms with van der Waals surface area (Å²) >= 11 is 0. The molecule has 0 saturated carbocycles. The molecule has 0 radical (unpaired) electrons. The first-order valence-corrected chi connectivity index (χ1v) is 4.10. The molecule has 18 heavy (non-hydrogen) atoms. The molecular formula is C6N8O4. The van der Waals surface area contributed by atoms with Gasteiger partial charge in [0.1, 0.15) is 4.96 Å². The van der Waals surface area contributed by atoms with E-state index in [1.807, 2.05) is 0 Å². The third-order valence-corrected chi connectivity index (χ3v) is 1.81. The summed E-state index contributed by atoms with van der Waals surface area (Å²) in [6.07, 6.45) is 0. The topological polar surface area (TPSA) is 180 Å². The highest BCUT2D eigenvalue weighted by molar-refractivity contribution is 5.60. The van der Waals surface area contributed by atoms with Crippen molar-refractivity contribution in [3.8, 4) is 23.5 Å². The van der Waals surface area contributed by atoms with E-state index in [0.29, 0.717) is 0 Å². The van der Waals surface area contributed by atoms with Gasteiger partial charge in [-0.15, -0.1) is 0 Å². The van der Waals surface area contributed by atoms with E-state index >= 15 is 0 Å².